The molecule has 2 rings (SSSR count). The molecule has 0 radical (unpaired) electrons. The predicted molar refractivity (Wildman–Crippen MR) is 73.6 cm³/mol. The van der Waals surface area contributed by atoms with Crippen molar-refractivity contribution in [1.82, 2.24) is 15.4 Å². The number of nitrogens with one attached hydrogen (secondary N) is 2. The van der Waals surface area contributed by atoms with Gasteiger partial charge in [0.25, 0.3) is 15.0 Å². The molecular formula is C10H8Cl2N4O3S. The number of H-pyrrole nitrogens is 1. The van der Waals surface area contributed by atoms with Crippen molar-refractivity contribution in [2.45, 2.75) is 11.8 Å². The Morgan fingerprint density at radius 2 is 2.10 bits per heavy atom. The molecule has 7 nitrogen and oxygen atoms in total. The standard InChI is InChI=1S/C10H8Cl2N4O3S/c1-5-2-6(20(12,18)19)3-7(11)9(5)14-10(17)8-4-13-16-15-8/h2-4H,1H3,(H,14,17)(H,13,15,16). The number of carbonyl (C=O) groups excluding carboxylic acids is 1. The van der Waals surface area contributed by atoms with E-state index in [2.05, 4.69) is 20.7 Å². The van der Waals surface area contributed by atoms with Crippen molar-refractivity contribution in [3.05, 3.63) is 34.6 Å². The fraction of sp³-hybridized carbons (Fsp3) is 0.100. The number of aryl methyl sites for hydroxylation is 1. The molecule has 0 fully saturated rings. The van der Waals surface area contributed by atoms with Gasteiger partial charge in [-0.1, -0.05) is 11.6 Å². The third-order valence-electron chi connectivity index (χ3n) is 2.43. The van der Waals surface area contributed by atoms with E-state index in [4.69, 9.17) is 22.3 Å². The van der Waals surface area contributed by atoms with Gasteiger partial charge in [-0.25, -0.2) is 8.42 Å². The lowest BCUT2D eigenvalue weighted by molar-refractivity contribution is 0.102. The van der Waals surface area contributed by atoms with Gasteiger partial charge in [-0.15, -0.1) is 0 Å². The van der Waals surface area contributed by atoms with Gasteiger partial charge in [-0.2, -0.15) is 15.4 Å². The highest BCUT2D eigenvalue weighted by atomic mass is 35.7. The normalized spacial score (nSPS) is 11.3. The Labute approximate surface area is 123 Å². The van der Waals surface area contributed by atoms with E-state index >= 15 is 0 Å². The fourth-order valence-electron chi connectivity index (χ4n) is 1.50. The van der Waals surface area contributed by atoms with Gasteiger partial charge < -0.3 is 5.32 Å². The number of amides is 1. The molecule has 1 aromatic carbocycles. The SMILES string of the molecule is Cc1cc(S(=O)(=O)Cl)cc(Cl)c1NC(=O)c1cn[nH]n1. The Hall–Kier alpha value is -1.64. The number of anilines is 1. The Bertz CT molecular complexity index is 736. The molecule has 20 heavy (non-hydrogen) atoms. The Balaban J connectivity index is 2.37. The number of hydrogen-bond donors (Lipinski definition) is 2. The van der Waals surface area contributed by atoms with Gasteiger partial charge in [0.2, 0.25) is 0 Å². The summed E-state index contributed by atoms with van der Waals surface area (Å²) in [6.45, 7) is 1.59. The molecule has 0 aliphatic rings. The number of carbonyl (C=O) groups is 1. The van der Waals surface area contributed by atoms with Crippen LogP contribution >= 0.6 is 22.3 Å². The first-order chi connectivity index (χ1) is 9.29. The summed E-state index contributed by atoms with van der Waals surface area (Å²) in [6.07, 6.45) is 1.25. The number of halogens is 2. The lowest BCUT2D eigenvalue weighted by Gasteiger charge is -2.10. The second-order valence-electron chi connectivity index (χ2n) is 3.84. The summed E-state index contributed by atoms with van der Waals surface area (Å²) >= 11 is 5.96. The van der Waals surface area contributed by atoms with E-state index in [-0.39, 0.29) is 21.3 Å². The number of benzene rings is 1. The first kappa shape index (κ1) is 14.8. The van der Waals surface area contributed by atoms with Crippen molar-refractivity contribution in [3.63, 3.8) is 0 Å². The van der Waals surface area contributed by atoms with Gasteiger partial charge in [0.05, 0.1) is 21.8 Å². The number of rotatable bonds is 3. The summed E-state index contributed by atoms with van der Waals surface area (Å²) in [5, 5.41) is 12.0. The van der Waals surface area contributed by atoms with Crippen LogP contribution in [0.25, 0.3) is 0 Å². The zero-order chi connectivity index (χ0) is 14.9. The molecule has 0 spiro atoms. The van der Waals surface area contributed by atoms with Crippen molar-refractivity contribution in [3.8, 4) is 0 Å². The van der Waals surface area contributed by atoms with Crippen LogP contribution in [-0.4, -0.2) is 29.7 Å². The lowest BCUT2D eigenvalue weighted by Crippen LogP contribution is -2.14. The monoisotopic (exact) mass is 334 g/mol. The quantitative estimate of drug-likeness (QED) is 0.834. The molecular weight excluding hydrogens is 327 g/mol. The molecule has 0 saturated heterocycles. The third kappa shape index (κ3) is 3.09. The molecule has 0 atom stereocenters. The van der Waals surface area contributed by atoms with E-state index in [9.17, 15) is 13.2 Å². The van der Waals surface area contributed by atoms with Crippen molar-refractivity contribution in [2.24, 2.45) is 0 Å². The second-order valence-corrected chi connectivity index (χ2v) is 6.82. The summed E-state index contributed by atoms with van der Waals surface area (Å²) in [6, 6.07) is 2.47. The Morgan fingerprint density at radius 1 is 1.40 bits per heavy atom. The molecule has 1 amide bonds. The fourth-order valence-corrected chi connectivity index (χ4v) is 2.72. The molecule has 106 valence electrons. The van der Waals surface area contributed by atoms with Crippen molar-refractivity contribution in [2.75, 3.05) is 5.32 Å². The van der Waals surface area contributed by atoms with Gasteiger partial charge in [-0.3, -0.25) is 4.79 Å². The molecule has 0 aliphatic heterocycles. The van der Waals surface area contributed by atoms with Gasteiger partial charge in [0.15, 0.2) is 5.69 Å². The Morgan fingerprint density at radius 3 is 2.60 bits per heavy atom. The first-order valence-electron chi connectivity index (χ1n) is 5.21. The van der Waals surface area contributed by atoms with Crippen LogP contribution in [0.4, 0.5) is 5.69 Å². The van der Waals surface area contributed by atoms with Crippen LogP contribution in [0.1, 0.15) is 16.1 Å². The smallest absolute Gasteiger partial charge is 0.277 e. The molecule has 2 aromatic rings. The largest absolute Gasteiger partial charge is 0.319 e. The molecule has 0 aliphatic carbocycles. The van der Waals surface area contributed by atoms with Crippen LogP contribution in [0, 0.1) is 6.92 Å². The van der Waals surface area contributed by atoms with E-state index in [0.717, 1.165) is 6.07 Å². The summed E-state index contributed by atoms with van der Waals surface area (Å²) in [5.41, 5.74) is 0.812. The average molecular weight is 335 g/mol. The number of aromatic amines is 1. The van der Waals surface area contributed by atoms with E-state index in [0.29, 0.717) is 5.56 Å². The molecule has 2 N–H and O–H groups in total. The third-order valence-corrected chi connectivity index (χ3v) is 4.06. The summed E-state index contributed by atoms with van der Waals surface area (Å²) in [5.74, 6) is -0.523. The zero-order valence-corrected chi connectivity index (χ0v) is 12.3. The molecule has 10 heteroatoms. The van der Waals surface area contributed by atoms with Gasteiger partial charge in [-0.05, 0) is 24.6 Å². The molecule has 1 heterocycles. The average Bonchev–Trinajstić information content (AvgIpc) is 2.85. The number of nitrogens with zero attached hydrogens (tertiary/aromatic N) is 2. The highest BCUT2D eigenvalue weighted by Crippen LogP contribution is 2.30. The Kier molecular flexibility index (Phi) is 3.98. The topological polar surface area (TPSA) is 105 Å². The summed E-state index contributed by atoms with van der Waals surface area (Å²) in [4.78, 5) is 11.7. The lowest BCUT2D eigenvalue weighted by atomic mass is 10.2. The van der Waals surface area contributed by atoms with Gasteiger partial charge in [0.1, 0.15) is 0 Å². The van der Waals surface area contributed by atoms with Gasteiger partial charge in [0, 0.05) is 10.7 Å². The maximum Gasteiger partial charge on any atom is 0.277 e. The molecule has 0 bridgehead atoms. The molecule has 0 unspecified atom stereocenters. The van der Waals surface area contributed by atoms with Crippen LogP contribution in [0.2, 0.25) is 5.02 Å². The maximum atomic E-state index is 11.8. The van der Waals surface area contributed by atoms with Crippen molar-refractivity contribution in [1.29, 1.82) is 0 Å². The number of hydrogen-bond acceptors (Lipinski definition) is 5. The van der Waals surface area contributed by atoms with Crippen LogP contribution < -0.4 is 5.32 Å². The minimum atomic E-state index is -3.89. The minimum absolute atomic E-state index is 0.0565. The van der Waals surface area contributed by atoms with Crippen molar-refractivity contribution < 1.29 is 13.2 Å². The van der Waals surface area contributed by atoms with Crippen LogP contribution in [-0.2, 0) is 9.05 Å². The van der Waals surface area contributed by atoms with Crippen LogP contribution in [0.15, 0.2) is 23.2 Å². The van der Waals surface area contributed by atoms with Crippen LogP contribution in [0.5, 0.6) is 0 Å². The highest BCUT2D eigenvalue weighted by molar-refractivity contribution is 8.13. The van der Waals surface area contributed by atoms with E-state index in [1.165, 1.54) is 12.3 Å². The second kappa shape index (κ2) is 5.39. The maximum absolute atomic E-state index is 11.8. The molecule has 0 saturated carbocycles. The highest BCUT2D eigenvalue weighted by Gasteiger charge is 2.17. The predicted octanol–water partition coefficient (Wildman–Crippen LogP) is 1.95. The van der Waals surface area contributed by atoms with Crippen LogP contribution in [0.3, 0.4) is 0 Å². The minimum Gasteiger partial charge on any atom is -0.319 e. The number of aromatic nitrogens is 3. The summed E-state index contributed by atoms with van der Waals surface area (Å²) in [7, 11) is 1.36. The zero-order valence-electron chi connectivity index (χ0n) is 10.0. The van der Waals surface area contributed by atoms with E-state index in [1.807, 2.05) is 0 Å². The van der Waals surface area contributed by atoms with E-state index < -0.39 is 15.0 Å². The van der Waals surface area contributed by atoms with Crippen molar-refractivity contribution >= 4 is 42.9 Å². The summed E-state index contributed by atoms with van der Waals surface area (Å²) < 4.78 is 22.5. The molecule has 1 aromatic heterocycles. The first-order valence-corrected chi connectivity index (χ1v) is 7.89. The van der Waals surface area contributed by atoms with Gasteiger partial charge >= 0.3 is 0 Å². The van der Waals surface area contributed by atoms with E-state index in [1.54, 1.807) is 6.92 Å².